The fourth-order valence-electron chi connectivity index (χ4n) is 3.93. The number of benzene rings is 2. The van der Waals surface area contributed by atoms with Crippen LogP contribution in [0.3, 0.4) is 0 Å². The van der Waals surface area contributed by atoms with Gasteiger partial charge in [0, 0.05) is 48.8 Å². The first-order valence-electron chi connectivity index (χ1n) is 12.4. The highest BCUT2D eigenvalue weighted by atomic mass is 15.3. The lowest BCUT2D eigenvalue weighted by atomic mass is 10.2. The van der Waals surface area contributed by atoms with Gasteiger partial charge in [-0.1, -0.05) is 10.2 Å². The summed E-state index contributed by atoms with van der Waals surface area (Å²) >= 11 is 0. The Balaban J connectivity index is 1.30. The molecule has 10 heteroatoms. The van der Waals surface area contributed by atoms with Gasteiger partial charge in [-0.2, -0.15) is 0 Å². The molecule has 0 unspecified atom stereocenters. The summed E-state index contributed by atoms with van der Waals surface area (Å²) in [5, 5.41) is 17.6. The lowest BCUT2D eigenvalue weighted by Crippen LogP contribution is -2.30. The number of imidazole rings is 2. The summed E-state index contributed by atoms with van der Waals surface area (Å²) in [6.45, 7) is 4.70. The molecule has 2 aromatic carbocycles. The van der Waals surface area contributed by atoms with Crippen molar-refractivity contribution in [3.63, 3.8) is 0 Å². The van der Waals surface area contributed by atoms with E-state index in [1.807, 2.05) is 83.9 Å². The van der Waals surface area contributed by atoms with Gasteiger partial charge in [-0.3, -0.25) is 0 Å². The first-order valence-corrected chi connectivity index (χ1v) is 12.4. The lowest BCUT2D eigenvalue weighted by molar-refractivity contribution is -0.680. The molecular formula is C27H36N10+2. The van der Waals surface area contributed by atoms with Gasteiger partial charge in [0.2, 0.25) is 0 Å². The minimum absolute atomic E-state index is 0.793. The first kappa shape index (κ1) is 25.7. The molecule has 0 amide bonds. The van der Waals surface area contributed by atoms with Crippen molar-refractivity contribution in [3.8, 4) is 0 Å². The van der Waals surface area contributed by atoms with Crippen LogP contribution in [0.1, 0.15) is 6.92 Å². The fraction of sp³-hybridized carbons (Fsp3) is 0.333. The topological polar surface area (TPSA) is 73.5 Å². The normalized spacial score (nSPS) is 11.6. The Bertz CT molecular complexity index is 1340. The molecule has 0 aliphatic rings. The number of nitrogens with zero attached hydrogens (tertiary/aromatic N) is 10. The number of aryl methyl sites for hydroxylation is 4. The molecule has 2 heterocycles. The summed E-state index contributed by atoms with van der Waals surface area (Å²) in [7, 11) is 10.1. The quantitative estimate of drug-likeness (QED) is 0.229. The predicted molar refractivity (Wildman–Crippen MR) is 146 cm³/mol. The van der Waals surface area contributed by atoms with E-state index in [0.717, 1.165) is 54.3 Å². The van der Waals surface area contributed by atoms with Crippen molar-refractivity contribution < 1.29 is 9.13 Å². The maximum Gasteiger partial charge on any atom is 0.421 e. The van der Waals surface area contributed by atoms with Crippen molar-refractivity contribution >= 4 is 34.6 Å². The van der Waals surface area contributed by atoms with E-state index in [9.17, 15) is 0 Å². The summed E-state index contributed by atoms with van der Waals surface area (Å²) in [4.78, 5) is 4.47. The highest BCUT2D eigenvalue weighted by Gasteiger charge is 2.13. The number of azo groups is 2. The van der Waals surface area contributed by atoms with Crippen molar-refractivity contribution in [2.45, 2.75) is 13.5 Å². The van der Waals surface area contributed by atoms with Gasteiger partial charge in [-0.15, -0.1) is 0 Å². The molecule has 0 aliphatic heterocycles. The van der Waals surface area contributed by atoms with Crippen LogP contribution in [0.4, 0.5) is 34.6 Å². The van der Waals surface area contributed by atoms with E-state index in [2.05, 4.69) is 80.1 Å². The van der Waals surface area contributed by atoms with Crippen LogP contribution in [0.25, 0.3) is 0 Å². The van der Waals surface area contributed by atoms with Crippen LogP contribution in [0.15, 0.2) is 93.8 Å². The highest BCUT2D eigenvalue weighted by molar-refractivity contribution is 5.54. The number of hydrogen-bond donors (Lipinski definition) is 0. The van der Waals surface area contributed by atoms with E-state index in [1.54, 1.807) is 0 Å². The van der Waals surface area contributed by atoms with Gasteiger partial charge in [-0.05, 0) is 55.5 Å². The third kappa shape index (κ3) is 6.27. The molecule has 0 saturated heterocycles. The number of anilines is 2. The van der Waals surface area contributed by atoms with Crippen LogP contribution in [0, 0.1) is 0 Å². The average Bonchev–Trinajstić information content (AvgIpc) is 3.44. The van der Waals surface area contributed by atoms with Gasteiger partial charge < -0.3 is 9.80 Å². The lowest BCUT2D eigenvalue weighted by Gasteiger charge is -2.25. The molecule has 0 spiro atoms. The first-order chi connectivity index (χ1) is 17.9. The molecular weight excluding hydrogens is 464 g/mol. The maximum atomic E-state index is 4.43. The fourth-order valence-corrected chi connectivity index (χ4v) is 3.93. The zero-order valence-corrected chi connectivity index (χ0v) is 22.5. The van der Waals surface area contributed by atoms with E-state index in [0.29, 0.717) is 0 Å². The molecule has 2 aromatic heterocycles. The second-order valence-corrected chi connectivity index (χ2v) is 9.09. The molecule has 0 radical (unpaired) electrons. The van der Waals surface area contributed by atoms with Crippen LogP contribution in [-0.2, 0) is 27.7 Å². The Kier molecular flexibility index (Phi) is 8.07. The summed E-state index contributed by atoms with van der Waals surface area (Å²) in [6, 6.07) is 16.3. The minimum atomic E-state index is 0.793. The number of rotatable bonds is 10. The molecule has 192 valence electrons. The smallest absolute Gasteiger partial charge is 0.373 e. The Hall–Kier alpha value is -4.34. The standard InChI is InChI=1S/C27H36N10/c1-7-37-21-20-36(6)27(37)31-29-23-10-14-25(15-11-23)33(3)17-16-32(2)24-12-8-22(9-13-24)28-30-26-34(4)18-19-35(26)5/h8-15,18-21H,7,16-17H2,1-6H3/q+2. The van der Waals surface area contributed by atoms with Crippen molar-refractivity contribution in [3.05, 3.63) is 73.3 Å². The summed E-state index contributed by atoms with van der Waals surface area (Å²) < 4.78 is 7.90. The number of aromatic nitrogens is 4. The number of likely N-dealkylation sites (N-methyl/N-ethyl adjacent to an activating group) is 2. The minimum Gasteiger partial charge on any atom is -0.373 e. The van der Waals surface area contributed by atoms with Gasteiger partial charge >= 0.3 is 11.9 Å². The average molecular weight is 501 g/mol. The predicted octanol–water partition coefficient (Wildman–Crippen LogP) is 4.90. The zero-order chi connectivity index (χ0) is 26.4. The van der Waals surface area contributed by atoms with Crippen LogP contribution >= 0.6 is 0 Å². The largest absolute Gasteiger partial charge is 0.421 e. The molecule has 0 aliphatic carbocycles. The zero-order valence-electron chi connectivity index (χ0n) is 22.5. The molecule has 4 rings (SSSR count). The van der Waals surface area contributed by atoms with E-state index < -0.39 is 0 Å². The second kappa shape index (κ2) is 11.6. The van der Waals surface area contributed by atoms with E-state index in [-0.39, 0.29) is 0 Å². The Morgan fingerprint density at radius 3 is 1.59 bits per heavy atom. The Morgan fingerprint density at radius 2 is 1.14 bits per heavy atom. The van der Waals surface area contributed by atoms with Gasteiger partial charge in [0.15, 0.2) is 0 Å². The Morgan fingerprint density at radius 1 is 0.676 bits per heavy atom. The molecule has 0 bridgehead atoms. The van der Waals surface area contributed by atoms with Gasteiger partial charge in [-0.25, -0.2) is 18.3 Å². The van der Waals surface area contributed by atoms with E-state index >= 15 is 0 Å². The third-order valence-electron chi connectivity index (χ3n) is 6.39. The van der Waals surface area contributed by atoms with Gasteiger partial charge in [0.05, 0.1) is 52.5 Å². The Labute approximate surface area is 218 Å². The van der Waals surface area contributed by atoms with Crippen molar-refractivity contribution in [1.82, 2.24) is 9.13 Å². The monoisotopic (exact) mass is 500 g/mol. The summed E-state index contributed by atoms with van der Waals surface area (Å²) in [6.07, 6.45) is 7.90. The van der Waals surface area contributed by atoms with Gasteiger partial charge in [0.1, 0.15) is 11.4 Å². The molecule has 4 aromatic rings. The molecule has 0 N–H and O–H groups in total. The summed E-state index contributed by atoms with van der Waals surface area (Å²) in [5.41, 5.74) is 3.93. The SMILES string of the molecule is CC[n+]1ccn(C)c1/N=N/c1ccc(N(C)CCN(C)c2ccc(/N=N/c3n(C)cc[n+]3C)cc2)cc1. The van der Waals surface area contributed by atoms with Crippen molar-refractivity contribution in [2.75, 3.05) is 37.0 Å². The van der Waals surface area contributed by atoms with Crippen LogP contribution in [0.5, 0.6) is 0 Å². The summed E-state index contributed by atoms with van der Waals surface area (Å²) in [5.74, 6) is 1.62. The van der Waals surface area contributed by atoms with Crippen LogP contribution < -0.4 is 18.9 Å². The van der Waals surface area contributed by atoms with Crippen molar-refractivity contribution in [2.24, 2.45) is 41.6 Å². The molecule has 0 saturated carbocycles. The van der Waals surface area contributed by atoms with Gasteiger partial charge in [0.25, 0.3) is 0 Å². The third-order valence-corrected chi connectivity index (χ3v) is 6.39. The second-order valence-electron chi connectivity index (χ2n) is 9.09. The molecule has 0 fully saturated rings. The highest BCUT2D eigenvalue weighted by Crippen LogP contribution is 2.23. The van der Waals surface area contributed by atoms with E-state index in [4.69, 9.17) is 0 Å². The van der Waals surface area contributed by atoms with Crippen molar-refractivity contribution in [1.29, 1.82) is 0 Å². The molecule has 37 heavy (non-hydrogen) atoms. The van der Waals surface area contributed by atoms with E-state index in [1.165, 1.54) is 0 Å². The maximum absolute atomic E-state index is 4.43. The molecule has 0 atom stereocenters. The van der Waals surface area contributed by atoms with Crippen LogP contribution in [0.2, 0.25) is 0 Å². The number of hydrogen-bond acceptors (Lipinski definition) is 6. The molecule has 10 nitrogen and oxygen atoms in total. The van der Waals surface area contributed by atoms with Crippen LogP contribution in [-0.4, -0.2) is 36.3 Å².